The van der Waals surface area contributed by atoms with E-state index in [1.165, 1.54) is 12.1 Å². The second kappa shape index (κ2) is 5.05. The smallest absolute Gasteiger partial charge is 0.586 e. The summed E-state index contributed by atoms with van der Waals surface area (Å²) in [6.07, 6.45) is -3.61. The van der Waals surface area contributed by atoms with Crippen LogP contribution in [-0.2, 0) is 17.9 Å². The normalized spacial score (nSPS) is 18.4. The highest BCUT2D eigenvalue weighted by Crippen LogP contribution is 2.41. The molecule has 1 aromatic rings. The van der Waals surface area contributed by atoms with E-state index in [0.29, 0.717) is 6.54 Å². The van der Waals surface area contributed by atoms with Crippen LogP contribution in [0.25, 0.3) is 0 Å². The summed E-state index contributed by atoms with van der Waals surface area (Å²) in [5.41, 5.74) is 0.727. The van der Waals surface area contributed by atoms with Gasteiger partial charge < -0.3 is 14.0 Å². The van der Waals surface area contributed by atoms with Crippen molar-refractivity contribution in [2.24, 2.45) is 0 Å². The summed E-state index contributed by atoms with van der Waals surface area (Å²) in [4.78, 5) is 0. The molecule has 0 aromatic heterocycles. The summed E-state index contributed by atoms with van der Waals surface area (Å²) in [7, 11) is 1.72. The van der Waals surface area contributed by atoms with Gasteiger partial charge in [-0.1, -0.05) is 6.07 Å². The number of benzene rings is 1. The molecule has 7 heteroatoms. The van der Waals surface area contributed by atoms with Crippen molar-refractivity contribution in [1.29, 1.82) is 0 Å². The number of nitrogens with zero attached hydrogens (tertiary/aromatic N) is 1. The molecule has 0 spiro atoms. The molecule has 1 aliphatic rings. The van der Waals surface area contributed by atoms with Crippen LogP contribution < -0.4 is 9.47 Å². The number of hydrogen-bond acceptors (Lipinski definition) is 4. The molecule has 1 unspecified atom stereocenters. The van der Waals surface area contributed by atoms with E-state index in [1.54, 1.807) is 17.4 Å². The van der Waals surface area contributed by atoms with Crippen LogP contribution in [0.4, 0.5) is 8.78 Å². The first-order valence-electron chi connectivity index (χ1n) is 6.10. The predicted octanol–water partition coefficient (Wildman–Crippen LogP) is 2.90. The van der Waals surface area contributed by atoms with Crippen molar-refractivity contribution in [2.45, 2.75) is 38.4 Å². The maximum atomic E-state index is 12.9. The van der Waals surface area contributed by atoms with Crippen molar-refractivity contribution in [2.75, 3.05) is 7.05 Å². The van der Waals surface area contributed by atoms with Gasteiger partial charge in [0.1, 0.15) is 4.75 Å². The fourth-order valence-corrected chi connectivity index (χ4v) is 3.08. The third-order valence-corrected chi connectivity index (χ3v) is 4.42. The first kappa shape index (κ1) is 15.3. The molecular weight excluding hydrogens is 288 g/mol. The topological polar surface area (TPSA) is 44.8 Å². The maximum absolute atomic E-state index is 12.9. The molecule has 112 valence electrons. The van der Waals surface area contributed by atoms with Crippen LogP contribution in [0.1, 0.15) is 26.3 Å². The summed E-state index contributed by atoms with van der Waals surface area (Å²) in [6, 6.07) is 4.56. The minimum atomic E-state index is -3.61. The standard InChI is InChI=1S/C13H17F2NO3S/c1-12(2,3)20(17)16(4)8-9-5-6-10-11(7-9)19-13(14,15)18-10/h5-7H,8H2,1-4H3. The van der Waals surface area contributed by atoms with Crippen molar-refractivity contribution in [3.63, 3.8) is 0 Å². The third-order valence-electron chi connectivity index (χ3n) is 2.68. The minimum absolute atomic E-state index is 0.00226. The Morgan fingerprint density at radius 2 is 1.85 bits per heavy atom. The van der Waals surface area contributed by atoms with Crippen molar-refractivity contribution in [1.82, 2.24) is 4.31 Å². The second-order valence-electron chi connectivity index (χ2n) is 5.60. The fraction of sp³-hybridized carbons (Fsp3) is 0.538. The third kappa shape index (κ3) is 3.34. The molecule has 1 aliphatic heterocycles. The van der Waals surface area contributed by atoms with Crippen molar-refractivity contribution in [3.8, 4) is 11.5 Å². The van der Waals surface area contributed by atoms with Gasteiger partial charge in [-0.05, 0) is 38.5 Å². The minimum Gasteiger partial charge on any atom is -0.597 e. The number of rotatable bonds is 3. The summed E-state index contributed by atoms with van der Waals surface area (Å²) < 4.78 is 48.0. The molecule has 0 radical (unpaired) electrons. The number of fused-ring (bicyclic) bond motifs is 1. The highest BCUT2D eigenvalue weighted by molar-refractivity contribution is 7.90. The van der Waals surface area contributed by atoms with E-state index in [-0.39, 0.29) is 16.2 Å². The van der Waals surface area contributed by atoms with E-state index < -0.39 is 17.7 Å². The molecule has 1 heterocycles. The zero-order valence-electron chi connectivity index (χ0n) is 11.8. The molecule has 0 fully saturated rings. The Balaban J connectivity index is 2.09. The van der Waals surface area contributed by atoms with Crippen molar-refractivity contribution in [3.05, 3.63) is 23.8 Å². The maximum Gasteiger partial charge on any atom is 0.586 e. The Labute approximate surface area is 120 Å². The molecule has 2 rings (SSSR count). The van der Waals surface area contributed by atoms with Crippen LogP contribution in [-0.4, -0.2) is 26.9 Å². The predicted molar refractivity (Wildman–Crippen MR) is 72.0 cm³/mol. The zero-order valence-corrected chi connectivity index (χ0v) is 12.6. The molecule has 0 saturated heterocycles. The Bertz CT molecular complexity index is 505. The largest absolute Gasteiger partial charge is 0.597 e. The van der Waals surface area contributed by atoms with E-state index in [0.717, 1.165) is 5.56 Å². The van der Waals surface area contributed by atoms with Gasteiger partial charge in [0, 0.05) is 18.4 Å². The Kier molecular flexibility index (Phi) is 3.88. The van der Waals surface area contributed by atoms with Gasteiger partial charge in [-0.2, -0.15) is 0 Å². The molecule has 0 bridgehead atoms. The van der Waals surface area contributed by atoms with Crippen LogP contribution in [0.3, 0.4) is 0 Å². The number of ether oxygens (including phenoxy) is 2. The Morgan fingerprint density at radius 1 is 1.25 bits per heavy atom. The van der Waals surface area contributed by atoms with Crippen LogP contribution >= 0.6 is 0 Å². The van der Waals surface area contributed by atoms with Gasteiger partial charge in [0.2, 0.25) is 0 Å². The van der Waals surface area contributed by atoms with Crippen LogP contribution in [0.5, 0.6) is 11.5 Å². The second-order valence-corrected chi connectivity index (χ2v) is 7.94. The summed E-state index contributed by atoms with van der Waals surface area (Å²) in [5.74, 6) is 0.0146. The first-order valence-corrected chi connectivity index (χ1v) is 7.21. The highest BCUT2D eigenvalue weighted by atomic mass is 32.2. The van der Waals surface area contributed by atoms with E-state index >= 15 is 0 Å². The lowest BCUT2D eigenvalue weighted by atomic mass is 10.2. The number of alkyl halides is 2. The van der Waals surface area contributed by atoms with Crippen molar-refractivity contribution >= 4 is 11.4 Å². The summed E-state index contributed by atoms with van der Waals surface area (Å²) in [6.45, 7) is 5.99. The van der Waals surface area contributed by atoms with Gasteiger partial charge in [-0.15, -0.1) is 13.1 Å². The van der Waals surface area contributed by atoms with Crippen LogP contribution in [0, 0.1) is 0 Å². The van der Waals surface area contributed by atoms with E-state index in [4.69, 9.17) is 0 Å². The monoisotopic (exact) mass is 305 g/mol. The fourth-order valence-electron chi connectivity index (χ4n) is 1.88. The van der Waals surface area contributed by atoms with Crippen LogP contribution in [0.2, 0.25) is 0 Å². The molecule has 1 aromatic carbocycles. The number of halogens is 2. The lowest BCUT2D eigenvalue weighted by molar-refractivity contribution is -0.286. The van der Waals surface area contributed by atoms with Crippen LogP contribution in [0.15, 0.2) is 18.2 Å². The average molecular weight is 305 g/mol. The molecule has 0 N–H and O–H groups in total. The number of hydrogen-bond donors (Lipinski definition) is 0. The zero-order chi connectivity index (χ0) is 15.1. The van der Waals surface area contributed by atoms with Crippen molar-refractivity contribution < 1.29 is 22.8 Å². The van der Waals surface area contributed by atoms with Gasteiger partial charge in [0.25, 0.3) is 0 Å². The van der Waals surface area contributed by atoms with E-state index in [2.05, 4.69) is 9.47 Å². The molecule has 4 nitrogen and oxygen atoms in total. The molecule has 0 saturated carbocycles. The lowest BCUT2D eigenvalue weighted by Crippen LogP contribution is -2.40. The SMILES string of the molecule is CN(Cc1ccc2c(c1)OC(F)(F)O2)[S+]([O-])C(C)(C)C. The van der Waals surface area contributed by atoms with Gasteiger partial charge in [0.15, 0.2) is 11.5 Å². The average Bonchev–Trinajstić information content (AvgIpc) is 2.59. The Hall–Kier alpha value is -1.05. The van der Waals surface area contributed by atoms with E-state index in [9.17, 15) is 13.3 Å². The van der Waals surface area contributed by atoms with Gasteiger partial charge in [-0.25, -0.2) is 0 Å². The van der Waals surface area contributed by atoms with Gasteiger partial charge in [-0.3, -0.25) is 0 Å². The van der Waals surface area contributed by atoms with Gasteiger partial charge >= 0.3 is 6.29 Å². The quantitative estimate of drug-likeness (QED) is 0.806. The molecule has 1 atom stereocenters. The van der Waals surface area contributed by atoms with E-state index in [1.807, 2.05) is 20.8 Å². The Morgan fingerprint density at radius 3 is 2.45 bits per heavy atom. The molecule has 0 aliphatic carbocycles. The van der Waals surface area contributed by atoms with Gasteiger partial charge in [0.05, 0.1) is 6.54 Å². The molecular formula is C13H17F2NO3S. The molecule has 20 heavy (non-hydrogen) atoms. The summed E-state index contributed by atoms with van der Waals surface area (Å²) in [5, 5.41) is 0. The first-order chi connectivity index (χ1) is 9.08. The lowest BCUT2D eigenvalue weighted by Gasteiger charge is -2.30. The molecule has 0 amide bonds. The summed E-state index contributed by atoms with van der Waals surface area (Å²) >= 11 is -1.18. The highest BCUT2D eigenvalue weighted by Gasteiger charge is 2.43.